The number of hydrogen-bond acceptors (Lipinski definition) is 4. The Morgan fingerprint density at radius 1 is 1.00 bits per heavy atom. The van der Waals surface area contributed by atoms with Crippen LogP contribution in [0.4, 0.5) is 0 Å². The number of thiophene rings is 1. The molecule has 5 nitrogen and oxygen atoms in total. The van der Waals surface area contributed by atoms with Crippen molar-refractivity contribution in [3.05, 3.63) is 46.5 Å². The van der Waals surface area contributed by atoms with Crippen molar-refractivity contribution in [1.29, 1.82) is 0 Å². The van der Waals surface area contributed by atoms with E-state index in [4.69, 9.17) is 5.10 Å². The Hall–Kier alpha value is -2.18. The molecule has 1 amide bonds. The second-order valence-electron chi connectivity index (χ2n) is 8.78. The van der Waals surface area contributed by atoms with Crippen molar-refractivity contribution >= 4 is 27.5 Å². The number of aromatic nitrogens is 2. The van der Waals surface area contributed by atoms with E-state index in [0.29, 0.717) is 0 Å². The van der Waals surface area contributed by atoms with Gasteiger partial charge in [-0.05, 0) is 44.9 Å². The minimum absolute atomic E-state index is 0.175. The maximum Gasteiger partial charge on any atom is 0.264 e. The van der Waals surface area contributed by atoms with Crippen LogP contribution >= 0.6 is 11.3 Å². The number of carbonyl (C=O) groups excluding carboxylic acids is 1. The number of benzene rings is 1. The molecule has 3 aromatic rings. The van der Waals surface area contributed by atoms with Gasteiger partial charge < -0.3 is 4.90 Å². The van der Waals surface area contributed by atoms with E-state index in [-0.39, 0.29) is 5.91 Å². The highest BCUT2D eigenvalue weighted by atomic mass is 32.1. The van der Waals surface area contributed by atoms with Gasteiger partial charge in [-0.2, -0.15) is 5.10 Å². The van der Waals surface area contributed by atoms with E-state index in [2.05, 4.69) is 36.1 Å². The molecule has 5 rings (SSSR count). The number of nitrogens with zero attached hydrogens (tertiary/aromatic N) is 4. The molecule has 30 heavy (non-hydrogen) atoms. The molecule has 6 heteroatoms. The standard InChI is InChI=1S/C24H30N4OS/c1-17-8-10-20(11-9-17)28-24-21(18(2)25-28)16-22(30-24)23(29)27-14-12-26(13-15-27)19-6-4-3-5-7-19/h8-11,16,19H,3-7,12-15H2,1-2H3. The van der Waals surface area contributed by atoms with Crippen LogP contribution in [0.25, 0.3) is 15.9 Å². The summed E-state index contributed by atoms with van der Waals surface area (Å²) in [5, 5.41) is 5.81. The molecule has 1 aliphatic heterocycles. The highest BCUT2D eigenvalue weighted by Gasteiger charge is 2.28. The predicted octanol–water partition coefficient (Wildman–Crippen LogP) is 4.79. The molecule has 2 aromatic heterocycles. The molecule has 0 bridgehead atoms. The average molecular weight is 423 g/mol. The summed E-state index contributed by atoms with van der Waals surface area (Å²) in [4.78, 5) is 19.8. The highest BCUT2D eigenvalue weighted by molar-refractivity contribution is 7.20. The summed E-state index contributed by atoms with van der Waals surface area (Å²) in [6.07, 6.45) is 6.78. The van der Waals surface area contributed by atoms with Gasteiger partial charge in [-0.15, -0.1) is 11.3 Å². The Bertz CT molecular complexity index is 1040. The molecule has 0 atom stereocenters. The second-order valence-corrected chi connectivity index (χ2v) is 9.81. The molecule has 1 aliphatic carbocycles. The number of rotatable bonds is 3. The number of aryl methyl sites for hydroxylation is 2. The summed E-state index contributed by atoms with van der Waals surface area (Å²) in [6, 6.07) is 11.2. The van der Waals surface area contributed by atoms with Crippen LogP contribution in [0.2, 0.25) is 0 Å². The summed E-state index contributed by atoms with van der Waals surface area (Å²) < 4.78 is 1.98. The van der Waals surface area contributed by atoms with E-state index in [1.165, 1.54) is 37.7 Å². The average Bonchev–Trinajstić information content (AvgIpc) is 3.35. The molecule has 158 valence electrons. The van der Waals surface area contributed by atoms with Crippen LogP contribution in [-0.2, 0) is 0 Å². The first-order chi connectivity index (χ1) is 14.6. The molecule has 1 aromatic carbocycles. The first kappa shape index (κ1) is 19.8. The van der Waals surface area contributed by atoms with Crippen LogP contribution in [0, 0.1) is 13.8 Å². The van der Waals surface area contributed by atoms with Gasteiger partial charge in [-0.1, -0.05) is 37.0 Å². The Balaban J connectivity index is 1.33. The summed E-state index contributed by atoms with van der Waals surface area (Å²) in [7, 11) is 0. The van der Waals surface area contributed by atoms with Gasteiger partial charge in [0.1, 0.15) is 4.83 Å². The zero-order valence-electron chi connectivity index (χ0n) is 17.9. The first-order valence-electron chi connectivity index (χ1n) is 11.2. The van der Waals surface area contributed by atoms with Gasteiger partial charge in [0.05, 0.1) is 16.3 Å². The highest BCUT2D eigenvalue weighted by Crippen LogP contribution is 2.32. The minimum Gasteiger partial charge on any atom is -0.335 e. The fourth-order valence-electron chi connectivity index (χ4n) is 4.91. The Morgan fingerprint density at radius 2 is 1.70 bits per heavy atom. The summed E-state index contributed by atoms with van der Waals surface area (Å²) in [5.74, 6) is 0.175. The van der Waals surface area contributed by atoms with E-state index < -0.39 is 0 Å². The van der Waals surface area contributed by atoms with Crippen molar-refractivity contribution in [3.63, 3.8) is 0 Å². The molecular weight excluding hydrogens is 392 g/mol. The van der Waals surface area contributed by atoms with E-state index in [9.17, 15) is 4.79 Å². The van der Waals surface area contributed by atoms with E-state index in [0.717, 1.165) is 58.7 Å². The van der Waals surface area contributed by atoms with Gasteiger partial charge in [0, 0.05) is 37.6 Å². The third-order valence-electron chi connectivity index (χ3n) is 6.73. The van der Waals surface area contributed by atoms with Crippen molar-refractivity contribution in [1.82, 2.24) is 19.6 Å². The zero-order chi connectivity index (χ0) is 20.7. The van der Waals surface area contributed by atoms with Gasteiger partial charge in [-0.3, -0.25) is 9.69 Å². The van der Waals surface area contributed by atoms with Gasteiger partial charge in [0.25, 0.3) is 5.91 Å². The quantitative estimate of drug-likeness (QED) is 0.609. The maximum absolute atomic E-state index is 13.2. The lowest BCUT2D eigenvalue weighted by atomic mass is 9.94. The first-order valence-corrected chi connectivity index (χ1v) is 12.0. The molecule has 3 heterocycles. The molecule has 0 radical (unpaired) electrons. The number of amides is 1. The largest absolute Gasteiger partial charge is 0.335 e. The third kappa shape index (κ3) is 3.67. The van der Waals surface area contributed by atoms with Crippen molar-refractivity contribution in [2.75, 3.05) is 26.2 Å². The predicted molar refractivity (Wildman–Crippen MR) is 123 cm³/mol. The second kappa shape index (κ2) is 8.16. The lowest BCUT2D eigenvalue weighted by molar-refractivity contribution is 0.0527. The molecule has 2 aliphatic rings. The van der Waals surface area contributed by atoms with Crippen molar-refractivity contribution in [2.45, 2.75) is 52.0 Å². The van der Waals surface area contributed by atoms with Crippen LogP contribution in [-0.4, -0.2) is 57.7 Å². The summed E-state index contributed by atoms with van der Waals surface area (Å²) >= 11 is 1.57. The minimum atomic E-state index is 0.175. The van der Waals surface area contributed by atoms with E-state index >= 15 is 0 Å². The summed E-state index contributed by atoms with van der Waals surface area (Å²) in [6.45, 7) is 7.81. The smallest absolute Gasteiger partial charge is 0.264 e. The number of hydrogen-bond donors (Lipinski definition) is 0. The molecule has 0 N–H and O–H groups in total. The van der Waals surface area contributed by atoms with Gasteiger partial charge >= 0.3 is 0 Å². The fourth-order valence-corrected chi connectivity index (χ4v) is 6.06. The zero-order valence-corrected chi connectivity index (χ0v) is 18.7. The molecule has 2 fully saturated rings. The van der Waals surface area contributed by atoms with E-state index in [1.54, 1.807) is 11.3 Å². The molecular formula is C24H30N4OS. The molecule has 0 spiro atoms. The Kier molecular flexibility index (Phi) is 5.37. The fraction of sp³-hybridized carbons (Fsp3) is 0.500. The van der Waals surface area contributed by atoms with Crippen LogP contribution in [0.15, 0.2) is 30.3 Å². The van der Waals surface area contributed by atoms with Crippen molar-refractivity contribution in [2.24, 2.45) is 0 Å². The molecule has 1 saturated carbocycles. The SMILES string of the molecule is Cc1ccc(-n2nc(C)c3cc(C(=O)N4CCN(C5CCCCC5)CC4)sc32)cc1. The van der Waals surface area contributed by atoms with Gasteiger partial charge in [0.2, 0.25) is 0 Å². The Labute approximate surface area is 182 Å². The lowest BCUT2D eigenvalue weighted by Gasteiger charge is -2.40. The van der Waals surface area contributed by atoms with Crippen LogP contribution in [0.5, 0.6) is 0 Å². The van der Waals surface area contributed by atoms with Crippen molar-refractivity contribution < 1.29 is 4.79 Å². The monoisotopic (exact) mass is 422 g/mol. The molecule has 1 saturated heterocycles. The lowest BCUT2D eigenvalue weighted by Crippen LogP contribution is -2.52. The van der Waals surface area contributed by atoms with Crippen LogP contribution < -0.4 is 0 Å². The number of carbonyl (C=O) groups is 1. The topological polar surface area (TPSA) is 41.4 Å². The van der Waals surface area contributed by atoms with Gasteiger partial charge in [0.15, 0.2) is 0 Å². The van der Waals surface area contributed by atoms with Crippen LogP contribution in [0.1, 0.15) is 53.0 Å². The molecule has 0 unspecified atom stereocenters. The number of fused-ring (bicyclic) bond motifs is 1. The van der Waals surface area contributed by atoms with Crippen LogP contribution in [0.3, 0.4) is 0 Å². The van der Waals surface area contributed by atoms with E-state index in [1.807, 2.05) is 22.6 Å². The maximum atomic E-state index is 13.2. The normalized spacial score (nSPS) is 18.9. The van der Waals surface area contributed by atoms with Gasteiger partial charge in [-0.25, -0.2) is 4.68 Å². The van der Waals surface area contributed by atoms with Crippen molar-refractivity contribution in [3.8, 4) is 5.69 Å². The summed E-state index contributed by atoms with van der Waals surface area (Å²) in [5.41, 5.74) is 3.25. The number of piperazine rings is 1. The Morgan fingerprint density at radius 3 is 2.40 bits per heavy atom. The third-order valence-corrected chi connectivity index (χ3v) is 7.83.